The maximum Gasteiger partial charge on any atom is 0.187 e. The van der Waals surface area contributed by atoms with Crippen LogP contribution in [-0.4, -0.2) is 61.0 Å². The number of benzene rings is 2. The molecule has 0 unspecified atom stereocenters. The molecular formula is C23H25N5O3. The Balaban J connectivity index is 1.64. The molecule has 0 aromatic heterocycles. The quantitative estimate of drug-likeness (QED) is 0.536. The number of hydrogen-bond acceptors (Lipinski definition) is 8. The van der Waals surface area contributed by atoms with Gasteiger partial charge < -0.3 is 20.2 Å². The fourth-order valence-corrected chi connectivity index (χ4v) is 3.09. The third-order valence-electron chi connectivity index (χ3n) is 4.73. The number of nitrogens with one attached hydrogen (secondary N) is 2. The number of morpholine rings is 1. The van der Waals surface area contributed by atoms with Crippen LogP contribution in [0.25, 0.3) is 0 Å². The Hall–Kier alpha value is -3.65. The maximum atomic E-state index is 12.4. The summed E-state index contributed by atoms with van der Waals surface area (Å²) in [7, 11) is 0. The third kappa shape index (κ3) is 6.16. The van der Waals surface area contributed by atoms with Gasteiger partial charge in [0.15, 0.2) is 5.78 Å². The first kappa shape index (κ1) is 22.0. The molecule has 160 valence electrons. The molecule has 0 amide bonds. The largest absolute Gasteiger partial charge is 0.506 e. The summed E-state index contributed by atoms with van der Waals surface area (Å²) in [6.07, 6.45) is 2.49. The zero-order valence-corrected chi connectivity index (χ0v) is 17.1. The molecule has 0 radical (unpaired) electrons. The Morgan fingerprint density at radius 3 is 2.55 bits per heavy atom. The zero-order valence-electron chi connectivity index (χ0n) is 17.1. The number of carbonyl (C=O) groups excluding carboxylic acids is 1. The number of para-hydroxylation sites is 1. The smallest absolute Gasteiger partial charge is 0.187 e. The van der Waals surface area contributed by atoms with Gasteiger partial charge in [0, 0.05) is 50.1 Å². The fraction of sp³-hybridized carbons (Fsp3) is 0.261. The van der Waals surface area contributed by atoms with E-state index in [4.69, 9.17) is 15.6 Å². The summed E-state index contributed by atoms with van der Waals surface area (Å²) in [5.74, 6) is -0.428. The number of rotatable bonds is 9. The average Bonchev–Trinajstić information content (AvgIpc) is 2.80. The van der Waals surface area contributed by atoms with E-state index in [-0.39, 0.29) is 30.0 Å². The first-order valence-electron chi connectivity index (χ1n) is 10.0. The van der Waals surface area contributed by atoms with Gasteiger partial charge in [-0.05, 0) is 24.3 Å². The normalized spacial score (nSPS) is 14.6. The van der Waals surface area contributed by atoms with E-state index in [0.717, 1.165) is 25.0 Å². The topological polar surface area (TPSA) is 122 Å². The Bertz CT molecular complexity index is 996. The van der Waals surface area contributed by atoms with Crippen molar-refractivity contribution in [3.05, 3.63) is 48.5 Å². The lowest BCUT2D eigenvalue weighted by Gasteiger charge is -2.28. The average molecular weight is 419 g/mol. The second kappa shape index (κ2) is 10.9. The van der Waals surface area contributed by atoms with E-state index in [9.17, 15) is 9.90 Å². The SMILES string of the molecule is N=CCC(=Nc1ccccc1)C(=N)C(=O)CC=Nc1ccc(N2CCOCC2)cc1O. The van der Waals surface area contributed by atoms with Crippen LogP contribution in [0.4, 0.5) is 17.1 Å². The van der Waals surface area contributed by atoms with Crippen LogP contribution in [0.2, 0.25) is 0 Å². The minimum atomic E-state index is -0.454. The van der Waals surface area contributed by atoms with Crippen LogP contribution in [0, 0.1) is 10.8 Å². The van der Waals surface area contributed by atoms with Crippen LogP contribution in [-0.2, 0) is 9.53 Å². The van der Waals surface area contributed by atoms with Crippen molar-refractivity contribution in [1.29, 1.82) is 10.8 Å². The molecule has 3 rings (SSSR count). The number of ether oxygens (including phenoxy) is 1. The summed E-state index contributed by atoms with van der Waals surface area (Å²) in [6.45, 7) is 2.84. The fourth-order valence-electron chi connectivity index (χ4n) is 3.09. The summed E-state index contributed by atoms with van der Waals surface area (Å²) >= 11 is 0. The first-order valence-corrected chi connectivity index (χ1v) is 10.0. The Kier molecular flexibility index (Phi) is 7.78. The molecule has 1 heterocycles. The van der Waals surface area contributed by atoms with Crippen LogP contribution in [0.15, 0.2) is 58.5 Å². The number of carbonyl (C=O) groups is 1. The lowest BCUT2D eigenvalue weighted by molar-refractivity contribution is -0.111. The van der Waals surface area contributed by atoms with Crippen molar-refractivity contribution >= 4 is 46.7 Å². The zero-order chi connectivity index (χ0) is 22.1. The van der Waals surface area contributed by atoms with Crippen molar-refractivity contribution in [2.45, 2.75) is 12.8 Å². The lowest BCUT2D eigenvalue weighted by Crippen LogP contribution is -2.36. The molecule has 0 bridgehead atoms. The Morgan fingerprint density at radius 1 is 1.13 bits per heavy atom. The second-order valence-corrected chi connectivity index (χ2v) is 6.89. The molecule has 0 spiro atoms. The van der Waals surface area contributed by atoms with E-state index >= 15 is 0 Å². The molecule has 1 aliphatic rings. The highest BCUT2D eigenvalue weighted by Gasteiger charge is 2.15. The molecule has 0 saturated carbocycles. The number of aliphatic imine (C=N–C) groups is 2. The van der Waals surface area contributed by atoms with Crippen molar-refractivity contribution in [2.75, 3.05) is 31.2 Å². The number of phenolic OH excluding ortho intramolecular Hbond substituents is 1. The van der Waals surface area contributed by atoms with Gasteiger partial charge in [0.05, 0.1) is 24.6 Å². The van der Waals surface area contributed by atoms with Crippen molar-refractivity contribution < 1.29 is 14.6 Å². The minimum absolute atomic E-state index is 0.0258. The third-order valence-corrected chi connectivity index (χ3v) is 4.73. The standard InChI is InChI=1S/C23H25N5O3/c24-10-8-20(27-17-4-2-1-3-5-17)23(25)21(29)9-11-26-19-7-6-18(16-22(19)30)28-12-14-31-15-13-28/h1-7,10-11,16,24-25,30H,8-9,12-15H2. The number of anilines is 1. The predicted molar refractivity (Wildman–Crippen MR) is 124 cm³/mol. The van der Waals surface area contributed by atoms with Gasteiger partial charge in [-0.1, -0.05) is 18.2 Å². The van der Waals surface area contributed by atoms with Gasteiger partial charge in [0.1, 0.15) is 17.1 Å². The van der Waals surface area contributed by atoms with Crippen LogP contribution in [0.1, 0.15) is 12.8 Å². The number of nitrogens with zero attached hydrogens (tertiary/aromatic N) is 3. The highest BCUT2D eigenvalue weighted by Crippen LogP contribution is 2.31. The molecule has 2 aromatic carbocycles. The predicted octanol–water partition coefficient (Wildman–Crippen LogP) is 3.72. The van der Waals surface area contributed by atoms with E-state index < -0.39 is 5.78 Å². The van der Waals surface area contributed by atoms with Gasteiger partial charge in [-0.25, -0.2) is 0 Å². The molecule has 31 heavy (non-hydrogen) atoms. The van der Waals surface area contributed by atoms with Crippen molar-refractivity contribution in [1.82, 2.24) is 0 Å². The summed E-state index contributed by atoms with van der Waals surface area (Å²) in [5.41, 5.74) is 1.86. The van der Waals surface area contributed by atoms with E-state index in [1.54, 1.807) is 24.3 Å². The van der Waals surface area contributed by atoms with E-state index in [1.807, 2.05) is 24.3 Å². The van der Waals surface area contributed by atoms with Gasteiger partial charge >= 0.3 is 0 Å². The lowest BCUT2D eigenvalue weighted by atomic mass is 10.1. The first-order chi connectivity index (χ1) is 15.1. The summed E-state index contributed by atoms with van der Waals surface area (Å²) in [4.78, 5) is 23.1. The van der Waals surface area contributed by atoms with Crippen LogP contribution in [0.3, 0.4) is 0 Å². The number of phenols is 1. The highest BCUT2D eigenvalue weighted by atomic mass is 16.5. The number of aromatic hydroxyl groups is 1. The second-order valence-electron chi connectivity index (χ2n) is 6.89. The van der Waals surface area contributed by atoms with Crippen molar-refractivity contribution in [3.8, 4) is 5.75 Å². The molecule has 0 aliphatic carbocycles. The maximum absolute atomic E-state index is 12.4. The molecule has 2 aromatic rings. The van der Waals surface area contributed by atoms with Gasteiger partial charge in [0.25, 0.3) is 0 Å². The Labute approximate surface area is 180 Å². The van der Waals surface area contributed by atoms with Crippen molar-refractivity contribution in [2.24, 2.45) is 9.98 Å². The molecule has 0 atom stereocenters. The highest BCUT2D eigenvalue weighted by molar-refractivity contribution is 6.68. The Morgan fingerprint density at radius 2 is 1.87 bits per heavy atom. The number of ketones is 1. The number of Topliss-reactive ketones (excluding diaryl/α,β-unsaturated/α-hetero) is 1. The van der Waals surface area contributed by atoms with Crippen LogP contribution >= 0.6 is 0 Å². The molecule has 1 fully saturated rings. The van der Waals surface area contributed by atoms with Crippen LogP contribution < -0.4 is 4.90 Å². The van der Waals surface area contributed by atoms with Crippen LogP contribution in [0.5, 0.6) is 5.75 Å². The molecule has 1 saturated heterocycles. The van der Waals surface area contributed by atoms with E-state index in [1.165, 1.54) is 6.21 Å². The molecule has 3 N–H and O–H groups in total. The van der Waals surface area contributed by atoms with Gasteiger partial charge in [-0.3, -0.25) is 20.2 Å². The van der Waals surface area contributed by atoms with Gasteiger partial charge in [-0.2, -0.15) is 0 Å². The summed E-state index contributed by atoms with van der Waals surface area (Å²) < 4.78 is 5.34. The number of hydrogen-bond donors (Lipinski definition) is 3. The molecule has 8 nitrogen and oxygen atoms in total. The summed E-state index contributed by atoms with van der Waals surface area (Å²) in [6, 6.07) is 14.2. The molecule has 1 aliphatic heterocycles. The molecular weight excluding hydrogens is 394 g/mol. The minimum Gasteiger partial charge on any atom is -0.506 e. The van der Waals surface area contributed by atoms with E-state index in [0.29, 0.717) is 24.6 Å². The van der Waals surface area contributed by atoms with Crippen molar-refractivity contribution in [3.63, 3.8) is 0 Å². The van der Waals surface area contributed by atoms with Gasteiger partial charge in [-0.15, -0.1) is 0 Å². The summed E-state index contributed by atoms with van der Waals surface area (Å²) in [5, 5.41) is 25.8. The monoisotopic (exact) mass is 419 g/mol. The van der Waals surface area contributed by atoms with E-state index in [2.05, 4.69) is 14.9 Å². The molecule has 8 heteroatoms. The van der Waals surface area contributed by atoms with Gasteiger partial charge in [0.2, 0.25) is 0 Å².